The lowest BCUT2D eigenvalue weighted by Crippen LogP contribution is -2.44. The summed E-state index contributed by atoms with van der Waals surface area (Å²) in [5, 5.41) is 0.0308. The molecular weight excluding hydrogens is 349 g/mol. The fourth-order valence-electron chi connectivity index (χ4n) is 2.35. The molecular formula is C15H26FN3O5Si. The minimum absolute atomic E-state index is 0.0308. The monoisotopic (exact) mass is 375 g/mol. The summed E-state index contributed by atoms with van der Waals surface area (Å²) in [5.74, 6) is 4.28. The number of rotatable bonds is 5. The molecule has 1 unspecified atom stereocenters. The van der Waals surface area contributed by atoms with Crippen molar-refractivity contribution in [3.8, 4) is 0 Å². The van der Waals surface area contributed by atoms with Crippen LogP contribution >= 0.6 is 0 Å². The van der Waals surface area contributed by atoms with Gasteiger partial charge in [-0.25, -0.2) is 10.7 Å². The van der Waals surface area contributed by atoms with E-state index in [2.05, 4.69) is 33.9 Å². The predicted molar refractivity (Wildman–Crippen MR) is 92.0 cm³/mol. The van der Waals surface area contributed by atoms with Crippen LogP contribution in [0.1, 0.15) is 33.4 Å². The number of ether oxygens (including phenoxy) is 1. The number of hydrogen-bond acceptors (Lipinski definition) is 6. The normalized spacial score (nSPS) is 24.7. The summed E-state index contributed by atoms with van der Waals surface area (Å²) in [6.07, 6.45) is -0.715. The van der Waals surface area contributed by atoms with Gasteiger partial charge in [0.25, 0.3) is 5.56 Å². The molecule has 3 atom stereocenters. The zero-order valence-electron chi connectivity index (χ0n) is 15.2. The number of halogens is 1. The van der Waals surface area contributed by atoms with Crippen LogP contribution in [-0.4, -0.2) is 36.7 Å². The molecule has 0 saturated carbocycles. The van der Waals surface area contributed by atoms with Crippen LogP contribution in [0.2, 0.25) is 18.1 Å². The van der Waals surface area contributed by atoms with Crippen molar-refractivity contribution >= 4 is 8.32 Å². The molecule has 1 aliphatic rings. The molecule has 8 nitrogen and oxygen atoms in total. The Morgan fingerprint density at radius 2 is 2.08 bits per heavy atom. The molecule has 0 spiro atoms. The van der Waals surface area contributed by atoms with Crippen LogP contribution in [0.25, 0.3) is 0 Å². The highest BCUT2D eigenvalue weighted by Gasteiger charge is 2.42. The second-order valence-electron chi connectivity index (χ2n) is 7.75. The fraction of sp³-hybridized carbons (Fsp3) is 0.733. The van der Waals surface area contributed by atoms with Crippen LogP contribution in [0.3, 0.4) is 0 Å². The molecule has 1 saturated heterocycles. The molecule has 0 bridgehead atoms. The quantitative estimate of drug-likeness (QED) is 0.592. The maximum Gasteiger partial charge on any atom is 0.330 e. The summed E-state index contributed by atoms with van der Waals surface area (Å²) in [5.41, 5.74) is -1.82. The van der Waals surface area contributed by atoms with Gasteiger partial charge in [0.05, 0.1) is 12.8 Å². The third-order valence-electron chi connectivity index (χ3n) is 5.00. The standard InChI is InChI=1S/C15H26FN3O5Si/c1-15(2,3)25(4,5)22-8-11-10(24-17)6-12(23-11)19-7-9(16)13(20)18-14(19)21/h7,10-12H,6,8,17H2,1-5H3,(H,18,20,21)/t10?,11-,12-/m1/s1. The van der Waals surface area contributed by atoms with Gasteiger partial charge < -0.3 is 9.16 Å². The Labute approximate surface area is 146 Å². The van der Waals surface area contributed by atoms with Crippen LogP contribution < -0.4 is 17.1 Å². The van der Waals surface area contributed by atoms with Crippen LogP contribution in [0.4, 0.5) is 4.39 Å². The second kappa shape index (κ2) is 7.12. The van der Waals surface area contributed by atoms with Crippen LogP contribution in [0.15, 0.2) is 15.8 Å². The fourth-order valence-corrected chi connectivity index (χ4v) is 3.36. The summed E-state index contributed by atoms with van der Waals surface area (Å²) in [6, 6.07) is 0. The van der Waals surface area contributed by atoms with Crippen molar-refractivity contribution in [3.63, 3.8) is 0 Å². The van der Waals surface area contributed by atoms with Crippen molar-refractivity contribution in [2.24, 2.45) is 5.90 Å². The zero-order valence-corrected chi connectivity index (χ0v) is 16.2. The number of hydrogen-bond donors (Lipinski definition) is 2. The highest BCUT2D eigenvalue weighted by Crippen LogP contribution is 2.37. The zero-order chi connectivity index (χ0) is 19.0. The van der Waals surface area contributed by atoms with Gasteiger partial charge in [0.15, 0.2) is 8.32 Å². The van der Waals surface area contributed by atoms with E-state index in [0.717, 1.165) is 10.8 Å². The molecule has 0 aromatic carbocycles. The van der Waals surface area contributed by atoms with E-state index in [1.54, 1.807) is 0 Å². The molecule has 0 radical (unpaired) electrons. The average Bonchev–Trinajstić information content (AvgIpc) is 2.91. The van der Waals surface area contributed by atoms with Gasteiger partial charge in [-0.1, -0.05) is 20.8 Å². The molecule has 142 valence electrons. The molecule has 1 aromatic rings. The van der Waals surface area contributed by atoms with E-state index in [1.807, 2.05) is 4.98 Å². The third-order valence-corrected chi connectivity index (χ3v) is 9.51. The van der Waals surface area contributed by atoms with E-state index in [0.29, 0.717) is 0 Å². The third kappa shape index (κ3) is 4.26. The molecule has 2 heterocycles. The van der Waals surface area contributed by atoms with Crippen LogP contribution in [0, 0.1) is 5.82 Å². The van der Waals surface area contributed by atoms with Crippen molar-refractivity contribution in [2.45, 2.75) is 63.8 Å². The molecule has 1 aromatic heterocycles. The van der Waals surface area contributed by atoms with Crippen LogP contribution in [0.5, 0.6) is 0 Å². The number of aromatic nitrogens is 2. The summed E-state index contributed by atoms with van der Waals surface area (Å²) in [6.45, 7) is 10.8. The molecule has 1 fully saturated rings. The first-order valence-corrected chi connectivity index (χ1v) is 11.0. The van der Waals surface area contributed by atoms with Crippen molar-refractivity contribution in [3.05, 3.63) is 32.9 Å². The molecule has 1 aliphatic heterocycles. The van der Waals surface area contributed by atoms with Gasteiger partial charge in [0.1, 0.15) is 18.4 Å². The topological polar surface area (TPSA) is 109 Å². The van der Waals surface area contributed by atoms with Gasteiger partial charge in [-0.3, -0.25) is 19.2 Å². The summed E-state index contributed by atoms with van der Waals surface area (Å²) in [4.78, 5) is 29.9. The SMILES string of the molecule is CC(C)(C)[Si](C)(C)OC[C@H]1O[C@@H](n2cc(F)c(=O)[nH]c2=O)CC1ON. The number of aromatic amines is 1. The predicted octanol–water partition coefficient (Wildman–Crippen LogP) is 1.24. The van der Waals surface area contributed by atoms with E-state index in [-0.39, 0.29) is 18.1 Å². The Kier molecular flexibility index (Phi) is 5.69. The first-order valence-electron chi connectivity index (χ1n) is 8.12. The van der Waals surface area contributed by atoms with E-state index >= 15 is 0 Å². The number of H-pyrrole nitrogens is 1. The summed E-state index contributed by atoms with van der Waals surface area (Å²) >= 11 is 0. The molecule has 0 amide bonds. The Morgan fingerprint density at radius 1 is 1.44 bits per heavy atom. The maximum absolute atomic E-state index is 13.5. The highest BCUT2D eigenvalue weighted by atomic mass is 28.4. The van der Waals surface area contributed by atoms with Crippen LogP contribution in [-0.2, 0) is 14.0 Å². The van der Waals surface area contributed by atoms with Crippen molar-refractivity contribution in [1.29, 1.82) is 0 Å². The number of nitrogens with two attached hydrogens (primary N) is 1. The van der Waals surface area contributed by atoms with Crippen molar-refractivity contribution in [2.75, 3.05) is 6.61 Å². The minimum atomic E-state index is -2.00. The summed E-state index contributed by atoms with van der Waals surface area (Å²) < 4.78 is 26.4. The lowest BCUT2D eigenvalue weighted by molar-refractivity contribution is -0.0607. The molecule has 2 rings (SSSR count). The van der Waals surface area contributed by atoms with E-state index in [1.165, 1.54) is 0 Å². The Bertz CT molecular complexity index is 727. The smallest absolute Gasteiger partial charge is 0.330 e. The Hall–Kier alpha value is -1.33. The van der Waals surface area contributed by atoms with Gasteiger partial charge in [0.2, 0.25) is 5.82 Å². The maximum atomic E-state index is 13.5. The van der Waals surface area contributed by atoms with Crippen molar-refractivity contribution < 1.29 is 18.4 Å². The average molecular weight is 375 g/mol. The minimum Gasteiger partial charge on any atom is -0.414 e. The van der Waals surface area contributed by atoms with Gasteiger partial charge in [-0.2, -0.15) is 4.39 Å². The first kappa shape index (κ1) is 20.0. The molecule has 10 heteroatoms. The lowest BCUT2D eigenvalue weighted by Gasteiger charge is -2.37. The van der Waals surface area contributed by atoms with Gasteiger partial charge in [0, 0.05) is 6.42 Å². The largest absolute Gasteiger partial charge is 0.414 e. The second-order valence-corrected chi connectivity index (χ2v) is 12.6. The van der Waals surface area contributed by atoms with E-state index < -0.39 is 43.8 Å². The van der Waals surface area contributed by atoms with Gasteiger partial charge in [-0.15, -0.1) is 0 Å². The highest BCUT2D eigenvalue weighted by molar-refractivity contribution is 6.74. The van der Waals surface area contributed by atoms with Gasteiger partial charge in [-0.05, 0) is 18.1 Å². The Morgan fingerprint density at radius 3 is 2.64 bits per heavy atom. The van der Waals surface area contributed by atoms with E-state index in [9.17, 15) is 14.0 Å². The first-order chi connectivity index (χ1) is 11.5. The van der Waals surface area contributed by atoms with Crippen molar-refractivity contribution in [1.82, 2.24) is 9.55 Å². The van der Waals surface area contributed by atoms with Gasteiger partial charge >= 0.3 is 5.69 Å². The molecule has 3 N–H and O–H groups in total. The summed E-state index contributed by atoms with van der Waals surface area (Å²) in [7, 11) is -2.00. The molecule has 25 heavy (non-hydrogen) atoms. The lowest BCUT2D eigenvalue weighted by atomic mass is 10.2. The number of nitrogens with one attached hydrogen (secondary N) is 1. The van der Waals surface area contributed by atoms with E-state index in [4.69, 9.17) is 19.9 Å². The number of nitrogens with zero attached hydrogens (tertiary/aromatic N) is 1. The Balaban J connectivity index is 2.14. The molecule has 0 aliphatic carbocycles.